The molecule has 3 rings (SSSR count). The van der Waals surface area contributed by atoms with Gasteiger partial charge in [-0.2, -0.15) is 4.39 Å². The van der Waals surface area contributed by atoms with E-state index in [1.54, 1.807) is 19.1 Å². The highest BCUT2D eigenvalue weighted by atomic mass is 19.2. The summed E-state index contributed by atoms with van der Waals surface area (Å²) >= 11 is 0. The van der Waals surface area contributed by atoms with Crippen molar-refractivity contribution in [2.24, 2.45) is 5.92 Å². The second-order valence-electron chi connectivity index (χ2n) is 6.83. The molecule has 0 saturated carbocycles. The van der Waals surface area contributed by atoms with Gasteiger partial charge in [-0.3, -0.25) is 0 Å². The number of ether oxygens (including phenoxy) is 3. The summed E-state index contributed by atoms with van der Waals surface area (Å²) in [5.41, 5.74) is 0.698. The fourth-order valence-corrected chi connectivity index (χ4v) is 3.44. The molecule has 6 heteroatoms. The SMILES string of the molecule is CCOCC1CCC(c2ccc(-c3ccc(OCC)c(F)c3F)cc2F)OC1. The Hall–Kier alpha value is -2.05. The maximum absolute atomic E-state index is 14.7. The van der Waals surface area contributed by atoms with Gasteiger partial charge < -0.3 is 14.2 Å². The minimum atomic E-state index is -1.07. The van der Waals surface area contributed by atoms with E-state index in [0.29, 0.717) is 37.7 Å². The van der Waals surface area contributed by atoms with Gasteiger partial charge in [0, 0.05) is 23.7 Å². The van der Waals surface area contributed by atoms with Crippen LogP contribution < -0.4 is 4.74 Å². The average molecular weight is 394 g/mol. The molecule has 1 saturated heterocycles. The topological polar surface area (TPSA) is 27.7 Å². The van der Waals surface area contributed by atoms with Crippen LogP contribution in [0.1, 0.15) is 38.4 Å². The first-order chi connectivity index (χ1) is 13.5. The first kappa shape index (κ1) is 20.7. The van der Waals surface area contributed by atoms with Crippen LogP contribution in [0.3, 0.4) is 0 Å². The number of hydrogen-bond acceptors (Lipinski definition) is 3. The fourth-order valence-electron chi connectivity index (χ4n) is 3.44. The third-order valence-corrected chi connectivity index (χ3v) is 4.93. The number of rotatable bonds is 7. The van der Waals surface area contributed by atoms with E-state index < -0.39 is 17.5 Å². The zero-order chi connectivity index (χ0) is 20.1. The van der Waals surface area contributed by atoms with Gasteiger partial charge in [0.15, 0.2) is 11.6 Å². The van der Waals surface area contributed by atoms with Crippen LogP contribution in [-0.2, 0) is 9.47 Å². The quantitative estimate of drug-likeness (QED) is 0.605. The summed E-state index contributed by atoms with van der Waals surface area (Å²) in [7, 11) is 0. The molecule has 1 fully saturated rings. The van der Waals surface area contributed by atoms with E-state index in [4.69, 9.17) is 14.2 Å². The van der Waals surface area contributed by atoms with Crippen molar-refractivity contribution in [3.8, 4) is 16.9 Å². The molecule has 152 valence electrons. The Morgan fingerprint density at radius 3 is 2.46 bits per heavy atom. The van der Waals surface area contributed by atoms with Gasteiger partial charge in [-0.25, -0.2) is 8.78 Å². The van der Waals surface area contributed by atoms with Crippen molar-refractivity contribution in [1.29, 1.82) is 0 Å². The molecule has 2 aromatic carbocycles. The van der Waals surface area contributed by atoms with Crippen molar-refractivity contribution in [3.63, 3.8) is 0 Å². The minimum Gasteiger partial charge on any atom is -0.491 e. The molecule has 0 aromatic heterocycles. The Morgan fingerprint density at radius 1 is 1.00 bits per heavy atom. The van der Waals surface area contributed by atoms with E-state index >= 15 is 0 Å². The summed E-state index contributed by atoms with van der Waals surface area (Å²) in [5.74, 6) is -2.44. The molecule has 2 aromatic rings. The van der Waals surface area contributed by atoms with Crippen LogP contribution in [0.2, 0.25) is 0 Å². The largest absolute Gasteiger partial charge is 0.491 e. The molecule has 0 bridgehead atoms. The van der Waals surface area contributed by atoms with Crippen LogP contribution in [0.15, 0.2) is 30.3 Å². The molecule has 0 amide bonds. The van der Waals surface area contributed by atoms with Crippen molar-refractivity contribution < 1.29 is 27.4 Å². The molecule has 3 nitrogen and oxygen atoms in total. The highest BCUT2D eigenvalue weighted by Gasteiger charge is 2.25. The van der Waals surface area contributed by atoms with E-state index in [1.807, 2.05) is 6.92 Å². The summed E-state index contributed by atoms with van der Waals surface area (Å²) in [5, 5.41) is 0. The fraction of sp³-hybridized carbons (Fsp3) is 0.455. The predicted octanol–water partition coefficient (Wildman–Crippen LogP) is 5.67. The highest BCUT2D eigenvalue weighted by Crippen LogP contribution is 2.35. The van der Waals surface area contributed by atoms with Crippen LogP contribution in [0.4, 0.5) is 13.2 Å². The van der Waals surface area contributed by atoms with E-state index in [9.17, 15) is 13.2 Å². The van der Waals surface area contributed by atoms with Gasteiger partial charge in [0.1, 0.15) is 5.82 Å². The van der Waals surface area contributed by atoms with Crippen molar-refractivity contribution in [3.05, 3.63) is 53.3 Å². The van der Waals surface area contributed by atoms with Gasteiger partial charge in [0.05, 0.1) is 25.9 Å². The lowest BCUT2D eigenvalue weighted by Gasteiger charge is -2.29. The highest BCUT2D eigenvalue weighted by molar-refractivity contribution is 5.66. The van der Waals surface area contributed by atoms with E-state index in [0.717, 1.165) is 6.42 Å². The summed E-state index contributed by atoms with van der Waals surface area (Å²) in [6.45, 7) is 5.69. The van der Waals surface area contributed by atoms with E-state index in [-0.39, 0.29) is 29.6 Å². The maximum atomic E-state index is 14.7. The molecule has 0 aliphatic carbocycles. The Kier molecular flexibility index (Phi) is 6.97. The molecular weight excluding hydrogens is 369 g/mol. The van der Waals surface area contributed by atoms with Crippen molar-refractivity contribution in [2.75, 3.05) is 26.4 Å². The smallest absolute Gasteiger partial charge is 0.201 e. The Balaban J connectivity index is 1.76. The number of hydrogen-bond donors (Lipinski definition) is 0. The molecule has 1 aliphatic rings. The van der Waals surface area contributed by atoms with Gasteiger partial charge in [-0.1, -0.05) is 12.1 Å². The van der Waals surface area contributed by atoms with Gasteiger partial charge in [-0.15, -0.1) is 0 Å². The van der Waals surface area contributed by atoms with Crippen LogP contribution >= 0.6 is 0 Å². The molecular formula is C22H25F3O3. The molecule has 2 atom stereocenters. The predicted molar refractivity (Wildman–Crippen MR) is 101 cm³/mol. The van der Waals surface area contributed by atoms with Gasteiger partial charge >= 0.3 is 0 Å². The third-order valence-electron chi connectivity index (χ3n) is 4.93. The molecule has 28 heavy (non-hydrogen) atoms. The first-order valence-corrected chi connectivity index (χ1v) is 9.65. The second-order valence-corrected chi connectivity index (χ2v) is 6.83. The standard InChI is InChI=1S/C22H25F3O3/c1-3-26-12-14-5-9-19(28-13-14)17-7-6-15(11-18(17)23)16-8-10-20(27-4-2)22(25)21(16)24/h6-8,10-11,14,19H,3-5,9,12-13H2,1-2H3. The number of benzene rings is 2. The van der Waals surface area contributed by atoms with Crippen molar-refractivity contribution >= 4 is 0 Å². The van der Waals surface area contributed by atoms with Crippen LogP contribution in [-0.4, -0.2) is 26.4 Å². The van der Waals surface area contributed by atoms with Crippen molar-refractivity contribution in [2.45, 2.75) is 32.8 Å². The minimum absolute atomic E-state index is 0.00672. The Bertz CT molecular complexity index is 802. The lowest BCUT2D eigenvalue weighted by Crippen LogP contribution is -2.24. The normalized spacial score (nSPS) is 19.6. The molecule has 2 unspecified atom stereocenters. The van der Waals surface area contributed by atoms with Gasteiger partial charge in [-0.05, 0) is 50.5 Å². The Morgan fingerprint density at radius 2 is 1.82 bits per heavy atom. The zero-order valence-corrected chi connectivity index (χ0v) is 16.1. The molecule has 0 spiro atoms. The summed E-state index contributed by atoms with van der Waals surface area (Å²) in [4.78, 5) is 0. The lowest BCUT2D eigenvalue weighted by atomic mass is 9.93. The summed E-state index contributed by atoms with van der Waals surface area (Å²) < 4.78 is 59.5. The van der Waals surface area contributed by atoms with Crippen LogP contribution in [0, 0.1) is 23.4 Å². The number of halogens is 3. The average Bonchev–Trinajstić information content (AvgIpc) is 2.70. The summed E-state index contributed by atoms with van der Waals surface area (Å²) in [6.07, 6.45) is 1.25. The molecule has 1 aliphatic heterocycles. The second kappa shape index (κ2) is 9.43. The summed E-state index contributed by atoms with van der Waals surface area (Å²) in [6, 6.07) is 7.15. The third kappa shape index (κ3) is 4.50. The maximum Gasteiger partial charge on any atom is 0.201 e. The molecule has 0 radical (unpaired) electrons. The van der Waals surface area contributed by atoms with Gasteiger partial charge in [0.2, 0.25) is 5.82 Å². The van der Waals surface area contributed by atoms with E-state index in [2.05, 4.69) is 0 Å². The Labute approximate surface area is 163 Å². The lowest BCUT2D eigenvalue weighted by molar-refractivity contribution is -0.0433. The zero-order valence-electron chi connectivity index (χ0n) is 16.1. The van der Waals surface area contributed by atoms with E-state index in [1.165, 1.54) is 18.2 Å². The molecule has 0 N–H and O–H groups in total. The van der Waals surface area contributed by atoms with Gasteiger partial charge in [0.25, 0.3) is 0 Å². The monoisotopic (exact) mass is 394 g/mol. The van der Waals surface area contributed by atoms with Crippen molar-refractivity contribution in [1.82, 2.24) is 0 Å². The molecule has 1 heterocycles. The first-order valence-electron chi connectivity index (χ1n) is 9.65. The van der Waals surface area contributed by atoms with Crippen LogP contribution in [0.25, 0.3) is 11.1 Å². The van der Waals surface area contributed by atoms with Crippen LogP contribution in [0.5, 0.6) is 5.75 Å².